The van der Waals surface area contributed by atoms with Gasteiger partial charge in [0.2, 0.25) is 0 Å². The number of anilines is 1. The van der Waals surface area contributed by atoms with Crippen LogP contribution < -0.4 is 10.6 Å². The lowest BCUT2D eigenvalue weighted by molar-refractivity contribution is -0.112. The monoisotopic (exact) mass is 242 g/mol. The van der Waals surface area contributed by atoms with Gasteiger partial charge in [0.25, 0.3) is 0 Å². The highest BCUT2D eigenvalue weighted by Gasteiger charge is 2.37. The molecule has 0 bridgehead atoms. The summed E-state index contributed by atoms with van der Waals surface area (Å²) in [5, 5.41) is 7.16. The van der Waals surface area contributed by atoms with E-state index < -0.39 is 0 Å². The Balaban J connectivity index is 2.06. The molecule has 2 N–H and O–H groups in total. The number of rotatable bonds is 1. The molecule has 1 aromatic carbocycles. The molecule has 0 saturated heterocycles. The molecule has 0 atom stereocenters. The fourth-order valence-electron chi connectivity index (χ4n) is 2.99. The van der Waals surface area contributed by atoms with Crippen LogP contribution in [-0.2, 0) is 4.79 Å². The Kier molecular flexibility index (Phi) is 2.62. The Bertz CT molecular complexity index is 513. The summed E-state index contributed by atoms with van der Waals surface area (Å²) in [7, 11) is 0. The summed E-state index contributed by atoms with van der Waals surface area (Å²) in [4.78, 5) is 11.4. The van der Waals surface area contributed by atoms with Crippen molar-refractivity contribution in [2.24, 2.45) is 0 Å². The van der Waals surface area contributed by atoms with Gasteiger partial charge in [0.1, 0.15) is 5.66 Å². The van der Waals surface area contributed by atoms with Crippen molar-refractivity contribution in [1.82, 2.24) is 5.32 Å². The topological polar surface area (TPSA) is 41.1 Å². The third kappa shape index (κ3) is 1.90. The summed E-state index contributed by atoms with van der Waals surface area (Å²) in [5.41, 5.74) is 3.13. The number of nitrogens with one attached hydrogen (secondary N) is 2. The second kappa shape index (κ2) is 4.16. The predicted octanol–water partition coefficient (Wildman–Crippen LogP) is 2.90. The van der Waals surface area contributed by atoms with Crippen molar-refractivity contribution in [2.75, 3.05) is 5.32 Å². The van der Waals surface area contributed by atoms with Crippen molar-refractivity contribution >= 4 is 17.2 Å². The average molecular weight is 242 g/mol. The molecule has 3 heteroatoms. The minimum atomic E-state index is -0.0460. The summed E-state index contributed by atoms with van der Waals surface area (Å²) >= 11 is 0. The zero-order valence-corrected chi connectivity index (χ0v) is 10.6. The highest BCUT2D eigenvalue weighted by Crippen LogP contribution is 2.39. The first kappa shape index (κ1) is 11.3. The molecule has 94 valence electrons. The Morgan fingerprint density at radius 2 is 1.94 bits per heavy atom. The van der Waals surface area contributed by atoms with Crippen LogP contribution in [0.2, 0.25) is 0 Å². The first-order chi connectivity index (χ1) is 8.69. The lowest BCUT2D eigenvalue weighted by Gasteiger charge is -2.40. The van der Waals surface area contributed by atoms with Crippen LogP contribution in [0.3, 0.4) is 0 Å². The molecule has 3 rings (SSSR count). The van der Waals surface area contributed by atoms with E-state index in [0.29, 0.717) is 0 Å². The van der Waals surface area contributed by atoms with E-state index >= 15 is 0 Å². The van der Waals surface area contributed by atoms with Gasteiger partial charge in [-0.15, -0.1) is 0 Å². The zero-order valence-electron chi connectivity index (χ0n) is 10.6. The maximum Gasteiger partial charge on any atom is 0.154 e. The Hall–Kier alpha value is -1.77. The third-order valence-electron chi connectivity index (χ3n) is 3.77. The molecule has 1 spiro atoms. The summed E-state index contributed by atoms with van der Waals surface area (Å²) in [6.07, 6.45) is 6.39. The van der Waals surface area contributed by atoms with Crippen molar-refractivity contribution in [2.45, 2.75) is 38.3 Å². The van der Waals surface area contributed by atoms with Gasteiger partial charge in [-0.1, -0.05) is 18.2 Å². The minimum absolute atomic E-state index is 0.0460. The average Bonchev–Trinajstić information content (AvgIpc) is 2.76. The molecular formula is C15H18N2O. The quantitative estimate of drug-likeness (QED) is 0.744. The molecule has 3 nitrogen and oxygen atoms in total. The van der Waals surface area contributed by atoms with Gasteiger partial charge < -0.3 is 10.6 Å². The normalized spacial score (nSPS) is 22.4. The number of hydrogen-bond donors (Lipinski definition) is 2. The number of allylic oxidation sites excluding steroid dienone is 1. The van der Waals surface area contributed by atoms with E-state index in [1.165, 1.54) is 12.8 Å². The molecule has 0 amide bonds. The molecule has 18 heavy (non-hydrogen) atoms. The lowest BCUT2D eigenvalue weighted by Crippen LogP contribution is -2.51. The molecule has 2 aliphatic rings. The first-order valence-corrected chi connectivity index (χ1v) is 6.57. The summed E-state index contributed by atoms with van der Waals surface area (Å²) in [5.74, 6) is 0.0855. The van der Waals surface area contributed by atoms with Crippen molar-refractivity contribution in [3.8, 4) is 0 Å². The lowest BCUT2D eigenvalue weighted by atomic mass is 9.98. The highest BCUT2D eigenvalue weighted by molar-refractivity contribution is 5.97. The summed E-state index contributed by atoms with van der Waals surface area (Å²) < 4.78 is 0. The van der Waals surface area contributed by atoms with E-state index in [4.69, 9.17) is 0 Å². The molecule has 1 aliphatic carbocycles. The first-order valence-electron chi connectivity index (χ1n) is 6.57. The summed E-state index contributed by atoms with van der Waals surface area (Å²) in [6.45, 7) is 1.60. The maximum absolute atomic E-state index is 11.4. The van der Waals surface area contributed by atoms with Gasteiger partial charge >= 0.3 is 0 Å². The van der Waals surface area contributed by atoms with Crippen molar-refractivity contribution < 1.29 is 4.79 Å². The largest absolute Gasteiger partial charge is 0.362 e. The molecule has 0 unspecified atom stereocenters. The molecule has 0 aromatic heterocycles. The van der Waals surface area contributed by atoms with Crippen molar-refractivity contribution in [3.63, 3.8) is 0 Å². The molecule has 1 fully saturated rings. The van der Waals surface area contributed by atoms with Gasteiger partial charge in [0, 0.05) is 23.0 Å². The number of para-hydroxylation sites is 1. The maximum atomic E-state index is 11.4. The zero-order chi connectivity index (χ0) is 12.6. The molecule has 1 saturated carbocycles. The van der Waals surface area contributed by atoms with E-state index in [9.17, 15) is 4.79 Å². The van der Waals surface area contributed by atoms with Gasteiger partial charge in [0.05, 0.1) is 0 Å². The second-order valence-electron chi connectivity index (χ2n) is 5.25. The fourth-order valence-corrected chi connectivity index (χ4v) is 2.99. The van der Waals surface area contributed by atoms with Crippen LogP contribution in [0.25, 0.3) is 5.70 Å². The van der Waals surface area contributed by atoms with Crippen molar-refractivity contribution in [1.29, 1.82) is 0 Å². The van der Waals surface area contributed by atoms with E-state index in [0.717, 1.165) is 29.8 Å². The summed E-state index contributed by atoms with van der Waals surface area (Å²) in [6, 6.07) is 8.17. The van der Waals surface area contributed by atoms with E-state index in [-0.39, 0.29) is 11.4 Å². The minimum Gasteiger partial charge on any atom is -0.362 e. The number of benzene rings is 1. The van der Waals surface area contributed by atoms with E-state index in [1.54, 1.807) is 13.0 Å². The highest BCUT2D eigenvalue weighted by atomic mass is 16.1. The molecule has 1 aliphatic heterocycles. The Morgan fingerprint density at radius 1 is 1.22 bits per heavy atom. The Morgan fingerprint density at radius 3 is 2.67 bits per heavy atom. The van der Waals surface area contributed by atoms with Gasteiger partial charge in [-0.3, -0.25) is 4.79 Å². The molecule has 1 heterocycles. The number of fused-ring (bicyclic) bond motifs is 1. The van der Waals surface area contributed by atoms with E-state index in [1.807, 2.05) is 18.2 Å². The van der Waals surface area contributed by atoms with Crippen LogP contribution in [-0.4, -0.2) is 11.4 Å². The van der Waals surface area contributed by atoms with Crippen LogP contribution in [0.5, 0.6) is 0 Å². The fraction of sp³-hybridized carbons (Fsp3) is 0.400. The van der Waals surface area contributed by atoms with Crippen LogP contribution in [0.1, 0.15) is 38.2 Å². The molecule has 1 aromatic rings. The van der Waals surface area contributed by atoms with Crippen LogP contribution in [0.4, 0.5) is 5.69 Å². The smallest absolute Gasteiger partial charge is 0.154 e. The van der Waals surface area contributed by atoms with Gasteiger partial charge in [-0.05, 0) is 38.7 Å². The number of hydrogen-bond acceptors (Lipinski definition) is 3. The van der Waals surface area contributed by atoms with Crippen LogP contribution >= 0.6 is 0 Å². The number of ketones is 1. The van der Waals surface area contributed by atoms with Gasteiger partial charge in [0.15, 0.2) is 5.78 Å². The second-order valence-corrected chi connectivity index (χ2v) is 5.25. The van der Waals surface area contributed by atoms with Gasteiger partial charge in [-0.25, -0.2) is 0 Å². The number of carbonyl (C=O) groups excluding carboxylic acids is 1. The number of carbonyl (C=O) groups is 1. The van der Waals surface area contributed by atoms with Crippen molar-refractivity contribution in [3.05, 3.63) is 35.9 Å². The SMILES string of the molecule is CC(=O)/C=C1\NC2(CCCC2)Nc2ccccc21. The molecular weight excluding hydrogens is 224 g/mol. The van der Waals surface area contributed by atoms with Crippen LogP contribution in [0.15, 0.2) is 30.3 Å². The Labute approximate surface area is 107 Å². The predicted molar refractivity (Wildman–Crippen MR) is 73.1 cm³/mol. The van der Waals surface area contributed by atoms with Crippen LogP contribution in [0, 0.1) is 0 Å². The molecule has 0 radical (unpaired) electrons. The third-order valence-corrected chi connectivity index (χ3v) is 3.77. The van der Waals surface area contributed by atoms with Gasteiger partial charge in [-0.2, -0.15) is 0 Å². The van der Waals surface area contributed by atoms with E-state index in [2.05, 4.69) is 16.7 Å². The standard InChI is InChI=1S/C15H18N2O/c1-11(18)10-14-12-6-2-3-7-13(12)16-15(17-14)8-4-5-9-15/h2-3,6-7,10,16-17H,4-5,8-9H2,1H3/b14-10-.